The van der Waals surface area contributed by atoms with Gasteiger partial charge in [0, 0.05) is 24.1 Å². The van der Waals surface area contributed by atoms with E-state index in [1.165, 1.54) is 18.2 Å². The van der Waals surface area contributed by atoms with Gasteiger partial charge in [0.1, 0.15) is 46.2 Å². The van der Waals surface area contributed by atoms with Gasteiger partial charge < -0.3 is 4.74 Å². The zero-order chi connectivity index (χ0) is 30.3. The molecule has 0 heterocycles. The molecule has 0 aromatic heterocycles. The molecule has 0 radical (unpaired) electrons. The second-order valence-electron chi connectivity index (χ2n) is 9.34. The first-order valence-corrected chi connectivity index (χ1v) is 12.1. The Bertz CT molecular complexity index is 1560. The third-order valence-corrected chi connectivity index (χ3v) is 6.20. The second kappa shape index (κ2) is 11.1. The van der Waals surface area contributed by atoms with Crippen LogP contribution in [0, 0.1) is 34.9 Å². The molecule has 11 heteroatoms. The van der Waals surface area contributed by atoms with E-state index < -0.39 is 74.9 Å². The number of hydrogen-bond acceptors (Lipinski definition) is 1. The van der Waals surface area contributed by atoms with Crippen LogP contribution in [0.15, 0.2) is 60.7 Å². The summed E-state index contributed by atoms with van der Waals surface area (Å²) in [6, 6.07) is 7.72. The number of rotatable bonds is 8. The van der Waals surface area contributed by atoms with E-state index in [0.717, 1.165) is 18.6 Å². The first-order valence-electron chi connectivity index (χ1n) is 12.1. The van der Waals surface area contributed by atoms with E-state index in [9.17, 15) is 43.9 Å². The van der Waals surface area contributed by atoms with Crippen LogP contribution >= 0.6 is 0 Å². The number of alkyl halides is 4. The van der Waals surface area contributed by atoms with Gasteiger partial charge in [-0.3, -0.25) is 0 Å². The van der Waals surface area contributed by atoms with Crippen molar-refractivity contribution < 1.29 is 48.6 Å². The normalized spacial score (nSPS) is 12.1. The van der Waals surface area contributed by atoms with Gasteiger partial charge in [-0.05, 0) is 65.6 Å². The monoisotopic (exact) mass is 586 g/mol. The van der Waals surface area contributed by atoms with Crippen LogP contribution in [0.5, 0.6) is 5.75 Å². The second-order valence-corrected chi connectivity index (χ2v) is 9.34. The molecule has 1 nitrogen and oxygen atoms in total. The third kappa shape index (κ3) is 6.18. The molecule has 0 amide bonds. The lowest BCUT2D eigenvalue weighted by Gasteiger charge is -2.20. The van der Waals surface area contributed by atoms with E-state index in [1.54, 1.807) is 0 Å². The summed E-state index contributed by atoms with van der Waals surface area (Å²) in [5.74, 6) is -13.8. The molecule has 0 aliphatic heterocycles. The molecule has 0 atom stereocenters. The molecular formula is C30H20F10O. The number of benzene rings is 4. The average molecular weight is 586 g/mol. The molecule has 0 spiro atoms. The van der Waals surface area contributed by atoms with Crippen molar-refractivity contribution >= 4 is 0 Å². The molecule has 216 valence electrons. The van der Waals surface area contributed by atoms with Gasteiger partial charge in [0.2, 0.25) is 0 Å². The Balaban J connectivity index is 1.63. The Morgan fingerprint density at radius 3 is 1.49 bits per heavy atom. The highest BCUT2D eigenvalue weighted by Crippen LogP contribution is 2.39. The summed E-state index contributed by atoms with van der Waals surface area (Å²) < 4.78 is 148. The molecule has 0 fully saturated rings. The van der Waals surface area contributed by atoms with Gasteiger partial charge in [-0.25, -0.2) is 35.1 Å². The maximum Gasteiger partial charge on any atom is 0.432 e. The highest BCUT2D eigenvalue weighted by atomic mass is 19.3. The van der Waals surface area contributed by atoms with Gasteiger partial charge in [0.05, 0.1) is 5.56 Å². The van der Waals surface area contributed by atoms with Gasteiger partial charge >= 0.3 is 6.11 Å². The van der Waals surface area contributed by atoms with Gasteiger partial charge in [0.15, 0.2) is 0 Å². The van der Waals surface area contributed by atoms with Crippen molar-refractivity contribution in [3.63, 3.8) is 0 Å². The van der Waals surface area contributed by atoms with Crippen molar-refractivity contribution in [1.29, 1.82) is 0 Å². The maximum atomic E-state index is 14.9. The predicted molar refractivity (Wildman–Crippen MR) is 132 cm³/mol. The number of halogens is 10. The molecule has 0 aliphatic carbocycles. The van der Waals surface area contributed by atoms with E-state index in [1.807, 2.05) is 6.92 Å². The Morgan fingerprint density at radius 1 is 0.585 bits per heavy atom. The Labute approximate surface area is 228 Å². The van der Waals surface area contributed by atoms with E-state index in [4.69, 9.17) is 0 Å². The van der Waals surface area contributed by atoms with Gasteiger partial charge in [-0.2, -0.15) is 8.78 Å². The highest BCUT2D eigenvalue weighted by Gasteiger charge is 2.41. The lowest BCUT2D eigenvalue weighted by molar-refractivity contribution is -0.189. The summed E-state index contributed by atoms with van der Waals surface area (Å²) in [5.41, 5.74) is -4.37. The fourth-order valence-electron chi connectivity index (χ4n) is 4.38. The molecule has 4 aromatic rings. The van der Waals surface area contributed by atoms with Crippen LogP contribution in [-0.2, 0) is 18.5 Å². The van der Waals surface area contributed by atoms with E-state index in [2.05, 4.69) is 4.74 Å². The molecule has 4 rings (SSSR count). The number of hydrogen-bond donors (Lipinski definition) is 0. The highest BCUT2D eigenvalue weighted by molar-refractivity contribution is 5.67. The van der Waals surface area contributed by atoms with Crippen LogP contribution in [0.4, 0.5) is 43.9 Å². The lowest BCUT2D eigenvalue weighted by Crippen LogP contribution is -2.25. The van der Waals surface area contributed by atoms with Crippen molar-refractivity contribution in [2.45, 2.75) is 38.7 Å². The van der Waals surface area contributed by atoms with E-state index in [0.29, 0.717) is 42.3 Å². The number of aryl methyl sites for hydroxylation is 1. The van der Waals surface area contributed by atoms with Crippen LogP contribution in [-0.4, -0.2) is 0 Å². The van der Waals surface area contributed by atoms with Crippen molar-refractivity contribution in [2.75, 3.05) is 0 Å². The summed E-state index contributed by atoms with van der Waals surface area (Å²) in [5, 5.41) is 0. The molecule has 0 unspecified atom stereocenters. The zero-order valence-corrected chi connectivity index (χ0v) is 21.4. The zero-order valence-electron chi connectivity index (χ0n) is 21.4. The quantitative estimate of drug-likeness (QED) is 0.187. The Morgan fingerprint density at radius 2 is 1.05 bits per heavy atom. The summed E-state index contributed by atoms with van der Waals surface area (Å²) in [7, 11) is 0. The molecule has 0 saturated heterocycles. The SMILES string of the molecule is CCCc1ccc(-c2cc(F)c(C(F)(F)Oc3ccc(-c4cc(F)c(C(C)(F)F)c(F)c4)c(F)c3)c(F)c2)c(F)c1. The average Bonchev–Trinajstić information content (AvgIpc) is 2.82. The first kappa shape index (κ1) is 30.0. The van der Waals surface area contributed by atoms with Crippen molar-refractivity contribution in [3.8, 4) is 28.0 Å². The summed E-state index contributed by atoms with van der Waals surface area (Å²) >= 11 is 0. The Kier molecular flexibility index (Phi) is 8.11. The van der Waals surface area contributed by atoms with Crippen LogP contribution in [0.25, 0.3) is 22.3 Å². The minimum atomic E-state index is -4.68. The molecule has 0 saturated carbocycles. The minimum absolute atomic E-state index is 0.223. The molecule has 0 N–H and O–H groups in total. The molecule has 41 heavy (non-hydrogen) atoms. The fraction of sp³-hybridized carbons (Fsp3) is 0.200. The summed E-state index contributed by atoms with van der Waals surface area (Å²) in [6.07, 6.45) is -3.40. The van der Waals surface area contributed by atoms with Gasteiger partial charge in [0.25, 0.3) is 5.92 Å². The summed E-state index contributed by atoms with van der Waals surface area (Å²) in [6.45, 7) is 2.14. The molecule has 4 aromatic carbocycles. The van der Waals surface area contributed by atoms with Gasteiger partial charge in [-0.1, -0.05) is 25.5 Å². The number of ether oxygens (including phenoxy) is 1. The fourth-order valence-corrected chi connectivity index (χ4v) is 4.38. The van der Waals surface area contributed by atoms with E-state index >= 15 is 0 Å². The maximum absolute atomic E-state index is 14.9. The standard InChI is InChI=1S/C30H20F10O/c1-3-4-15-5-7-19(21(31)9-15)17-12-25(35)28(26(36)13-17)30(39,40)41-18-6-8-20(22(32)14-18)16-10-23(33)27(24(34)11-16)29(2,37)38/h5-14H,3-4H2,1-2H3. The minimum Gasteiger partial charge on any atom is -0.429 e. The van der Waals surface area contributed by atoms with Crippen LogP contribution in [0.2, 0.25) is 0 Å². The molecule has 0 aliphatic rings. The van der Waals surface area contributed by atoms with E-state index in [-0.39, 0.29) is 18.1 Å². The predicted octanol–water partition coefficient (Wildman–Crippen LogP) is 10.0. The first-order chi connectivity index (χ1) is 19.1. The lowest BCUT2D eigenvalue weighted by atomic mass is 9.99. The van der Waals surface area contributed by atoms with Crippen molar-refractivity contribution in [3.05, 3.63) is 112 Å². The smallest absolute Gasteiger partial charge is 0.429 e. The van der Waals surface area contributed by atoms with Gasteiger partial charge in [-0.15, -0.1) is 0 Å². The third-order valence-electron chi connectivity index (χ3n) is 6.20. The van der Waals surface area contributed by atoms with Crippen molar-refractivity contribution in [1.82, 2.24) is 0 Å². The Hall–Kier alpha value is -4.02. The summed E-state index contributed by atoms with van der Waals surface area (Å²) in [4.78, 5) is 0. The van der Waals surface area contributed by atoms with Crippen LogP contribution < -0.4 is 4.74 Å². The van der Waals surface area contributed by atoms with Crippen LogP contribution in [0.3, 0.4) is 0 Å². The molecular weight excluding hydrogens is 566 g/mol. The molecule has 0 bridgehead atoms. The topological polar surface area (TPSA) is 9.23 Å². The largest absolute Gasteiger partial charge is 0.432 e. The van der Waals surface area contributed by atoms with Crippen LogP contribution in [0.1, 0.15) is 37.0 Å². The van der Waals surface area contributed by atoms with Crippen molar-refractivity contribution in [2.24, 2.45) is 0 Å².